The van der Waals surface area contributed by atoms with Gasteiger partial charge in [-0.15, -0.1) is 0 Å². The Bertz CT molecular complexity index is 1070. The molecule has 5 rings (SSSR count). The molecule has 1 unspecified atom stereocenters. The maximum atomic E-state index is 3.56. The summed E-state index contributed by atoms with van der Waals surface area (Å²) in [6.07, 6.45) is 4.73. The van der Waals surface area contributed by atoms with Crippen LogP contribution in [0.4, 0.5) is 0 Å². The van der Waals surface area contributed by atoms with Gasteiger partial charge in [0.15, 0.2) is 0 Å². The van der Waals surface area contributed by atoms with E-state index in [4.69, 9.17) is 0 Å². The second-order valence-corrected chi connectivity index (χ2v) is 7.83. The highest BCUT2D eigenvalue weighted by Crippen LogP contribution is 2.33. The van der Waals surface area contributed by atoms with E-state index in [0.717, 1.165) is 19.6 Å². The lowest BCUT2D eigenvalue weighted by atomic mass is 9.86. The number of benzene rings is 3. The van der Waals surface area contributed by atoms with Crippen molar-refractivity contribution in [3.63, 3.8) is 0 Å². The molecule has 2 nitrogen and oxygen atoms in total. The smallest absolute Gasteiger partial charge is 0.0483 e. The molecule has 0 radical (unpaired) electrons. The Hall–Kier alpha value is -2.84. The summed E-state index contributed by atoms with van der Waals surface area (Å²) in [6.45, 7) is 3.15. The van der Waals surface area contributed by atoms with E-state index < -0.39 is 0 Å². The molecule has 140 valence electrons. The van der Waals surface area contributed by atoms with Crippen LogP contribution in [0.5, 0.6) is 0 Å². The molecule has 0 amide bonds. The number of aromatic nitrogens is 1. The van der Waals surface area contributed by atoms with E-state index in [9.17, 15) is 0 Å². The fraction of sp³-hybridized carbons (Fsp3) is 0.231. The van der Waals surface area contributed by atoms with E-state index in [-0.39, 0.29) is 0 Å². The molecule has 0 aliphatic carbocycles. The molecule has 1 N–H and O–H groups in total. The number of hydrogen-bond donors (Lipinski definition) is 1. The minimum atomic E-state index is 0.621. The first-order valence-corrected chi connectivity index (χ1v) is 10.3. The van der Waals surface area contributed by atoms with Gasteiger partial charge in [0, 0.05) is 24.8 Å². The topological polar surface area (TPSA) is 17.0 Å². The lowest BCUT2D eigenvalue weighted by Gasteiger charge is -2.25. The standard InChI is InChI=1S/C26H26N2/c1-4-10-26-22(6-1)15-17-28(26)19-20-11-13-21(14-12-20)24-8-2-3-9-25(24)23-7-5-16-27-18-23/h1-4,6,8-15,17,23,27H,5,7,16,18-19H2. The third-order valence-electron chi connectivity index (χ3n) is 6.00. The van der Waals surface area contributed by atoms with Crippen LogP contribution in [0, 0.1) is 0 Å². The summed E-state index contributed by atoms with van der Waals surface area (Å²) in [5.41, 5.74) is 6.82. The minimum absolute atomic E-state index is 0.621. The van der Waals surface area contributed by atoms with E-state index in [2.05, 4.69) is 94.9 Å². The van der Waals surface area contributed by atoms with Crippen LogP contribution < -0.4 is 5.32 Å². The summed E-state index contributed by atoms with van der Waals surface area (Å²) < 4.78 is 2.33. The van der Waals surface area contributed by atoms with E-state index in [1.165, 1.54) is 46.0 Å². The quantitative estimate of drug-likeness (QED) is 0.481. The molecule has 1 saturated heterocycles. The van der Waals surface area contributed by atoms with Crippen LogP contribution in [0.15, 0.2) is 85.1 Å². The molecule has 28 heavy (non-hydrogen) atoms. The van der Waals surface area contributed by atoms with Gasteiger partial charge in [0.1, 0.15) is 0 Å². The Morgan fingerprint density at radius 2 is 1.68 bits per heavy atom. The predicted octanol–water partition coefficient (Wildman–Crippen LogP) is 5.82. The monoisotopic (exact) mass is 366 g/mol. The van der Waals surface area contributed by atoms with Crippen molar-refractivity contribution in [1.29, 1.82) is 0 Å². The molecule has 3 aromatic carbocycles. The summed E-state index contributed by atoms with van der Waals surface area (Å²) in [6, 6.07) is 28.8. The molecule has 0 bridgehead atoms. The van der Waals surface area contributed by atoms with Gasteiger partial charge in [0.2, 0.25) is 0 Å². The van der Waals surface area contributed by atoms with Crippen molar-refractivity contribution in [2.75, 3.05) is 13.1 Å². The molecule has 1 aliphatic heterocycles. The van der Waals surface area contributed by atoms with Crippen LogP contribution in [-0.4, -0.2) is 17.7 Å². The van der Waals surface area contributed by atoms with Crippen molar-refractivity contribution in [1.82, 2.24) is 9.88 Å². The van der Waals surface area contributed by atoms with E-state index in [0.29, 0.717) is 5.92 Å². The summed E-state index contributed by atoms with van der Waals surface area (Å²) in [4.78, 5) is 0. The zero-order valence-electron chi connectivity index (χ0n) is 16.1. The molecule has 1 atom stereocenters. The highest BCUT2D eigenvalue weighted by Gasteiger charge is 2.18. The maximum absolute atomic E-state index is 3.56. The number of para-hydroxylation sites is 1. The normalized spacial score (nSPS) is 17.1. The SMILES string of the molecule is c1ccc(C2CCCNC2)c(-c2ccc(Cn3ccc4ccccc43)cc2)c1. The minimum Gasteiger partial charge on any atom is -0.343 e. The van der Waals surface area contributed by atoms with Crippen molar-refractivity contribution in [3.8, 4) is 11.1 Å². The highest BCUT2D eigenvalue weighted by molar-refractivity contribution is 5.80. The van der Waals surface area contributed by atoms with Gasteiger partial charge in [-0.25, -0.2) is 0 Å². The number of nitrogens with one attached hydrogen (secondary N) is 1. The Labute approximate surface area is 166 Å². The fourth-order valence-electron chi connectivity index (χ4n) is 4.50. The molecule has 2 heteroatoms. The van der Waals surface area contributed by atoms with Gasteiger partial charge in [-0.2, -0.15) is 0 Å². The van der Waals surface area contributed by atoms with Gasteiger partial charge in [0.05, 0.1) is 0 Å². The van der Waals surface area contributed by atoms with Crippen LogP contribution in [-0.2, 0) is 6.54 Å². The zero-order chi connectivity index (χ0) is 18.8. The summed E-state index contributed by atoms with van der Waals surface area (Å²) in [7, 11) is 0. The van der Waals surface area contributed by atoms with Gasteiger partial charge >= 0.3 is 0 Å². The van der Waals surface area contributed by atoms with Crippen LogP contribution in [0.3, 0.4) is 0 Å². The van der Waals surface area contributed by atoms with Crippen molar-refractivity contribution in [2.45, 2.75) is 25.3 Å². The van der Waals surface area contributed by atoms with Crippen LogP contribution >= 0.6 is 0 Å². The molecule has 2 heterocycles. The zero-order valence-corrected chi connectivity index (χ0v) is 16.1. The first kappa shape index (κ1) is 17.3. The van der Waals surface area contributed by atoms with E-state index in [1.807, 2.05) is 0 Å². The maximum Gasteiger partial charge on any atom is 0.0483 e. The average Bonchev–Trinajstić information content (AvgIpc) is 3.18. The number of hydrogen-bond acceptors (Lipinski definition) is 1. The Kier molecular flexibility index (Phi) is 4.72. The van der Waals surface area contributed by atoms with Gasteiger partial charge in [0.25, 0.3) is 0 Å². The Balaban J connectivity index is 1.41. The first-order valence-electron chi connectivity index (χ1n) is 10.3. The van der Waals surface area contributed by atoms with Gasteiger partial charge in [-0.05, 0) is 65.1 Å². The van der Waals surface area contributed by atoms with E-state index >= 15 is 0 Å². The lowest BCUT2D eigenvalue weighted by molar-refractivity contribution is 0.462. The highest BCUT2D eigenvalue weighted by atomic mass is 14.9. The third kappa shape index (κ3) is 3.36. The third-order valence-corrected chi connectivity index (χ3v) is 6.00. The summed E-state index contributed by atoms with van der Waals surface area (Å²) >= 11 is 0. The second kappa shape index (κ2) is 7.65. The van der Waals surface area contributed by atoms with Gasteiger partial charge in [-0.1, -0.05) is 66.7 Å². The number of rotatable bonds is 4. The molecule has 0 spiro atoms. The van der Waals surface area contributed by atoms with Crippen LogP contribution in [0.2, 0.25) is 0 Å². The number of piperidine rings is 1. The first-order chi connectivity index (χ1) is 13.9. The largest absolute Gasteiger partial charge is 0.343 e. The lowest BCUT2D eigenvalue weighted by Crippen LogP contribution is -2.28. The predicted molar refractivity (Wildman–Crippen MR) is 118 cm³/mol. The Morgan fingerprint density at radius 3 is 2.54 bits per heavy atom. The summed E-state index contributed by atoms with van der Waals surface area (Å²) in [5.74, 6) is 0.621. The molecular formula is C26H26N2. The molecule has 4 aromatic rings. The van der Waals surface area contributed by atoms with Gasteiger partial charge < -0.3 is 9.88 Å². The van der Waals surface area contributed by atoms with Crippen molar-refractivity contribution >= 4 is 10.9 Å². The Morgan fingerprint density at radius 1 is 0.857 bits per heavy atom. The van der Waals surface area contributed by atoms with Gasteiger partial charge in [-0.3, -0.25) is 0 Å². The van der Waals surface area contributed by atoms with Crippen LogP contribution in [0.1, 0.15) is 29.9 Å². The van der Waals surface area contributed by atoms with E-state index in [1.54, 1.807) is 0 Å². The van der Waals surface area contributed by atoms with Crippen molar-refractivity contribution < 1.29 is 0 Å². The number of fused-ring (bicyclic) bond motifs is 1. The van der Waals surface area contributed by atoms with Crippen LogP contribution in [0.25, 0.3) is 22.0 Å². The number of nitrogens with zero attached hydrogens (tertiary/aromatic N) is 1. The molecular weight excluding hydrogens is 340 g/mol. The summed E-state index contributed by atoms with van der Waals surface area (Å²) in [5, 5.41) is 4.86. The molecule has 0 saturated carbocycles. The van der Waals surface area contributed by atoms with Crippen molar-refractivity contribution in [3.05, 3.63) is 96.2 Å². The van der Waals surface area contributed by atoms with Crippen molar-refractivity contribution in [2.24, 2.45) is 0 Å². The second-order valence-electron chi connectivity index (χ2n) is 7.83. The molecule has 1 aromatic heterocycles. The molecule has 1 fully saturated rings. The average molecular weight is 367 g/mol. The fourth-order valence-corrected chi connectivity index (χ4v) is 4.50. The molecule has 1 aliphatic rings.